The Morgan fingerprint density at radius 2 is 2.05 bits per heavy atom. The molecule has 8 heteroatoms. The van der Waals surface area contributed by atoms with Crippen molar-refractivity contribution in [3.63, 3.8) is 0 Å². The first-order chi connectivity index (χ1) is 9.95. The number of benzene rings is 1. The number of carboxylic acid groups (broad SMARTS) is 1. The Balaban J connectivity index is 1.91. The van der Waals surface area contributed by atoms with Crippen LogP contribution < -0.4 is 10.1 Å². The normalized spacial score (nSPS) is 10.2. The monoisotopic (exact) mass is 313 g/mol. The van der Waals surface area contributed by atoms with E-state index < -0.39 is 30.1 Å². The topological polar surface area (TPSA) is 75.6 Å². The lowest BCUT2D eigenvalue weighted by atomic mass is 10.3. The molecular formula is C13H9F2NO4S. The van der Waals surface area contributed by atoms with Gasteiger partial charge in [0.15, 0.2) is 6.61 Å². The van der Waals surface area contributed by atoms with Crippen LogP contribution in [-0.2, 0) is 4.79 Å². The number of hydrogen-bond acceptors (Lipinski definition) is 4. The number of halogens is 2. The van der Waals surface area contributed by atoms with Crippen LogP contribution in [0.1, 0.15) is 9.67 Å². The smallest absolute Gasteiger partial charge is 0.346 e. The minimum Gasteiger partial charge on any atom is -0.483 e. The number of carbonyl (C=O) groups is 2. The molecule has 1 heterocycles. The molecule has 0 bridgehead atoms. The zero-order valence-electron chi connectivity index (χ0n) is 10.4. The second-order valence-electron chi connectivity index (χ2n) is 3.91. The number of amides is 1. The summed E-state index contributed by atoms with van der Waals surface area (Å²) in [5, 5.41) is 12.4. The molecular weight excluding hydrogens is 304 g/mol. The third-order valence-corrected chi connectivity index (χ3v) is 3.26. The van der Waals surface area contributed by atoms with E-state index in [0.29, 0.717) is 6.07 Å². The molecule has 0 aliphatic rings. The lowest BCUT2D eigenvalue weighted by Crippen LogP contribution is -2.20. The molecule has 1 aromatic carbocycles. The van der Waals surface area contributed by atoms with Crippen molar-refractivity contribution in [2.45, 2.75) is 0 Å². The van der Waals surface area contributed by atoms with Crippen LogP contribution in [0.4, 0.5) is 14.5 Å². The van der Waals surface area contributed by atoms with Crippen molar-refractivity contribution < 1.29 is 28.2 Å². The zero-order chi connectivity index (χ0) is 15.4. The number of carbonyl (C=O) groups excluding carboxylic acids is 1. The van der Waals surface area contributed by atoms with Crippen LogP contribution in [0.15, 0.2) is 29.6 Å². The highest BCUT2D eigenvalue weighted by Gasteiger charge is 2.11. The van der Waals surface area contributed by atoms with Crippen molar-refractivity contribution in [3.8, 4) is 5.75 Å². The quantitative estimate of drug-likeness (QED) is 0.890. The van der Waals surface area contributed by atoms with Crippen molar-refractivity contribution >= 4 is 28.9 Å². The van der Waals surface area contributed by atoms with Crippen LogP contribution in [0.3, 0.4) is 0 Å². The highest BCUT2D eigenvalue weighted by Crippen LogP contribution is 2.21. The molecule has 0 radical (unpaired) electrons. The first kappa shape index (κ1) is 14.9. The Labute approximate surface area is 121 Å². The number of ether oxygens (including phenoxy) is 1. The summed E-state index contributed by atoms with van der Waals surface area (Å²) in [5.41, 5.74) is -0.165. The first-order valence-electron chi connectivity index (χ1n) is 5.65. The van der Waals surface area contributed by atoms with Gasteiger partial charge in [0, 0.05) is 17.5 Å². The molecule has 0 saturated heterocycles. The molecule has 2 aromatic rings. The number of carboxylic acids is 1. The standard InChI is InChI=1S/C13H9F2NO4S/c14-7-1-2-10(9(15)3-7)16-12(17)5-20-8-4-11(13(18)19)21-6-8/h1-4,6H,5H2,(H,16,17)(H,18,19). The Kier molecular flexibility index (Phi) is 4.49. The maximum Gasteiger partial charge on any atom is 0.346 e. The molecule has 0 aliphatic carbocycles. The van der Waals surface area contributed by atoms with E-state index in [9.17, 15) is 18.4 Å². The Hall–Kier alpha value is -2.48. The van der Waals surface area contributed by atoms with E-state index in [1.54, 1.807) is 0 Å². The molecule has 0 unspecified atom stereocenters. The first-order valence-corrected chi connectivity index (χ1v) is 6.53. The molecule has 2 N–H and O–H groups in total. The van der Waals surface area contributed by atoms with Gasteiger partial charge in [-0.2, -0.15) is 0 Å². The van der Waals surface area contributed by atoms with Crippen molar-refractivity contribution in [2.24, 2.45) is 0 Å². The van der Waals surface area contributed by atoms with E-state index in [-0.39, 0.29) is 16.3 Å². The van der Waals surface area contributed by atoms with Gasteiger partial charge in [-0.1, -0.05) is 0 Å². The van der Waals surface area contributed by atoms with Crippen molar-refractivity contribution in [2.75, 3.05) is 11.9 Å². The minimum absolute atomic E-state index is 0.0787. The molecule has 2 rings (SSSR count). The van der Waals surface area contributed by atoms with E-state index in [1.807, 2.05) is 0 Å². The van der Waals surface area contributed by atoms with Crippen LogP contribution in [0.2, 0.25) is 0 Å². The Morgan fingerprint density at radius 3 is 2.67 bits per heavy atom. The summed E-state index contributed by atoms with van der Waals surface area (Å²) in [6.45, 7) is -0.424. The molecule has 21 heavy (non-hydrogen) atoms. The van der Waals surface area contributed by atoms with Gasteiger partial charge in [0.05, 0.1) is 5.69 Å². The van der Waals surface area contributed by atoms with Gasteiger partial charge in [0.1, 0.15) is 22.3 Å². The summed E-state index contributed by atoms with van der Waals surface area (Å²) < 4.78 is 31.1. The van der Waals surface area contributed by atoms with Gasteiger partial charge in [-0.15, -0.1) is 11.3 Å². The fraction of sp³-hybridized carbons (Fsp3) is 0.0769. The number of hydrogen-bond donors (Lipinski definition) is 2. The van der Waals surface area contributed by atoms with Crippen molar-refractivity contribution in [3.05, 3.63) is 46.2 Å². The highest BCUT2D eigenvalue weighted by molar-refractivity contribution is 7.12. The average Bonchev–Trinajstić information content (AvgIpc) is 2.89. The van der Waals surface area contributed by atoms with E-state index in [0.717, 1.165) is 23.5 Å². The summed E-state index contributed by atoms with van der Waals surface area (Å²) in [4.78, 5) is 22.3. The average molecular weight is 313 g/mol. The Bertz CT molecular complexity index is 687. The van der Waals surface area contributed by atoms with Gasteiger partial charge in [-0.3, -0.25) is 4.79 Å². The maximum absolute atomic E-state index is 13.3. The number of nitrogens with one attached hydrogen (secondary N) is 1. The number of anilines is 1. The van der Waals surface area contributed by atoms with E-state index in [2.05, 4.69) is 5.32 Å². The van der Waals surface area contributed by atoms with Gasteiger partial charge in [0.2, 0.25) is 0 Å². The summed E-state index contributed by atoms with van der Waals surface area (Å²) >= 11 is 0.959. The van der Waals surface area contributed by atoms with E-state index in [1.165, 1.54) is 11.4 Å². The fourth-order valence-electron chi connectivity index (χ4n) is 1.43. The third kappa shape index (κ3) is 3.99. The lowest BCUT2D eigenvalue weighted by molar-refractivity contribution is -0.118. The summed E-state index contributed by atoms with van der Waals surface area (Å²) in [6.07, 6.45) is 0. The predicted molar refractivity (Wildman–Crippen MR) is 71.8 cm³/mol. The van der Waals surface area contributed by atoms with Crippen LogP contribution in [-0.4, -0.2) is 23.6 Å². The van der Waals surface area contributed by atoms with Crippen LogP contribution >= 0.6 is 11.3 Å². The molecule has 0 aliphatic heterocycles. The maximum atomic E-state index is 13.3. The van der Waals surface area contributed by atoms with Crippen LogP contribution in [0.5, 0.6) is 5.75 Å². The Morgan fingerprint density at radius 1 is 1.29 bits per heavy atom. The van der Waals surface area contributed by atoms with Crippen molar-refractivity contribution in [1.82, 2.24) is 0 Å². The van der Waals surface area contributed by atoms with E-state index >= 15 is 0 Å². The number of rotatable bonds is 5. The van der Waals surface area contributed by atoms with Crippen molar-refractivity contribution in [1.29, 1.82) is 0 Å². The SMILES string of the molecule is O=C(COc1csc(C(=O)O)c1)Nc1ccc(F)cc1F. The van der Waals surface area contributed by atoms with Crippen LogP contribution in [0.25, 0.3) is 0 Å². The van der Waals surface area contributed by atoms with Gasteiger partial charge in [0.25, 0.3) is 5.91 Å². The summed E-state index contributed by atoms with van der Waals surface area (Å²) in [7, 11) is 0. The second-order valence-corrected chi connectivity index (χ2v) is 4.82. The molecule has 1 aromatic heterocycles. The van der Waals surface area contributed by atoms with E-state index in [4.69, 9.17) is 9.84 Å². The third-order valence-electron chi connectivity index (χ3n) is 2.36. The molecule has 0 saturated carbocycles. The second kappa shape index (κ2) is 6.31. The molecule has 5 nitrogen and oxygen atoms in total. The molecule has 0 fully saturated rings. The largest absolute Gasteiger partial charge is 0.483 e. The van der Waals surface area contributed by atoms with Gasteiger partial charge in [-0.25, -0.2) is 13.6 Å². The minimum atomic E-state index is -1.09. The fourth-order valence-corrected chi connectivity index (χ4v) is 2.10. The molecule has 110 valence electrons. The zero-order valence-corrected chi connectivity index (χ0v) is 11.2. The number of aromatic carboxylic acids is 1. The molecule has 0 spiro atoms. The predicted octanol–water partition coefficient (Wildman–Crippen LogP) is 2.74. The molecule has 1 amide bonds. The lowest BCUT2D eigenvalue weighted by Gasteiger charge is -2.07. The summed E-state index contributed by atoms with van der Waals surface area (Å²) in [6, 6.07) is 4.03. The number of thiophene rings is 1. The van der Waals surface area contributed by atoms with Gasteiger partial charge in [-0.05, 0) is 12.1 Å². The molecule has 0 atom stereocenters. The van der Waals surface area contributed by atoms with Gasteiger partial charge < -0.3 is 15.2 Å². The summed E-state index contributed by atoms with van der Waals surface area (Å²) in [5.74, 6) is -3.16. The van der Waals surface area contributed by atoms with Gasteiger partial charge >= 0.3 is 5.97 Å². The van der Waals surface area contributed by atoms with Crippen LogP contribution in [0, 0.1) is 11.6 Å². The highest BCUT2D eigenvalue weighted by atomic mass is 32.1.